The molecule has 0 fully saturated rings. The summed E-state index contributed by atoms with van der Waals surface area (Å²) in [4.78, 5) is 14.7. The van der Waals surface area contributed by atoms with E-state index in [1.807, 2.05) is 13.8 Å². The van der Waals surface area contributed by atoms with Crippen molar-refractivity contribution in [1.82, 2.24) is 0 Å². The van der Waals surface area contributed by atoms with Gasteiger partial charge in [0.2, 0.25) is 0 Å². The van der Waals surface area contributed by atoms with Crippen molar-refractivity contribution in [2.75, 3.05) is 0 Å². The van der Waals surface area contributed by atoms with Crippen molar-refractivity contribution >= 4 is 12.0 Å². The molecule has 15 heavy (non-hydrogen) atoms. The molecule has 0 aliphatic carbocycles. The second-order valence-electron chi connectivity index (χ2n) is 3.06. The molecule has 3 nitrogen and oxygen atoms in total. The highest BCUT2D eigenvalue weighted by molar-refractivity contribution is 5.97. The van der Waals surface area contributed by atoms with E-state index in [4.69, 9.17) is 4.42 Å². The van der Waals surface area contributed by atoms with Gasteiger partial charge in [0, 0.05) is 5.70 Å². The maximum Gasteiger partial charge on any atom is 0.185 e. The summed E-state index contributed by atoms with van der Waals surface area (Å²) in [7, 11) is 0. The van der Waals surface area contributed by atoms with E-state index in [0.717, 1.165) is 11.4 Å². The van der Waals surface area contributed by atoms with Gasteiger partial charge in [-0.3, -0.25) is 9.79 Å². The molecule has 0 saturated heterocycles. The molecule has 0 spiro atoms. The first-order valence-electron chi connectivity index (χ1n) is 4.57. The third-order valence-corrected chi connectivity index (χ3v) is 1.80. The third kappa shape index (κ3) is 3.06. The fourth-order valence-electron chi connectivity index (χ4n) is 1.14. The first kappa shape index (κ1) is 11.2. The van der Waals surface area contributed by atoms with Crippen LogP contribution in [0.5, 0.6) is 0 Å². The lowest BCUT2D eigenvalue weighted by Crippen LogP contribution is -1.91. The number of hydrogen-bond acceptors (Lipinski definition) is 3. The molecule has 0 aliphatic rings. The van der Waals surface area contributed by atoms with Gasteiger partial charge in [-0.2, -0.15) is 0 Å². The molecule has 0 aromatic carbocycles. The number of furan rings is 1. The van der Waals surface area contributed by atoms with Gasteiger partial charge in [0.15, 0.2) is 12.0 Å². The van der Waals surface area contributed by atoms with Crippen LogP contribution in [0.2, 0.25) is 0 Å². The second kappa shape index (κ2) is 5.10. The molecule has 3 heteroatoms. The van der Waals surface area contributed by atoms with Gasteiger partial charge in [-0.05, 0) is 32.1 Å². The zero-order valence-corrected chi connectivity index (χ0v) is 8.86. The molecule has 1 rings (SSSR count). The largest absolute Gasteiger partial charge is 0.452 e. The van der Waals surface area contributed by atoms with Crippen molar-refractivity contribution in [2.24, 2.45) is 4.99 Å². The van der Waals surface area contributed by atoms with Gasteiger partial charge in [-0.1, -0.05) is 12.7 Å². The molecule has 1 aromatic heterocycles. The summed E-state index contributed by atoms with van der Waals surface area (Å²) in [5.41, 5.74) is 1.57. The van der Waals surface area contributed by atoms with E-state index in [2.05, 4.69) is 11.6 Å². The van der Waals surface area contributed by atoms with Crippen LogP contribution in [0, 0.1) is 0 Å². The molecular weight excluding hydrogens is 190 g/mol. The van der Waals surface area contributed by atoms with Crippen LogP contribution in [-0.2, 0) is 0 Å². The quantitative estimate of drug-likeness (QED) is 0.429. The van der Waals surface area contributed by atoms with E-state index >= 15 is 0 Å². The van der Waals surface area contributed by atoms with E-state index < -0.39 is 0 Å². The van der Waals surface area contributed by atoms with Gasteiger partial charge in [0.05, 0.1) is 5.71 Å². The molecule has 0 saturated carbocycles. The minimum Gasteiger partial charge on any atom is -0.452 e. The highest BCUT2D eigenvalue weighted by atomic mass is 16.3. The molecule has 1 heterocycles. The Kier molecular flexibility index (Phi) is 3.80. The van der Waals surface area contributed by atoms with Crippen LogP contribution in [0.3, 0.4) is 0 Å². The maximum absolute atomic E-state index is 10.4. The number of rotatable bonds is 4. The van der Waals surface area contributed by atoms with E-state index in [-0.39, 0.29) is 0 Å². The molecule has 0 N–H and O–H groups in total. The summed E-state index contributed by atoms with van der Waals surface area (Å²) < 4.78 is 5.22. The molecule has 1 aromatic rings. The number of nitrogens with zero attached hydrogens (tertiary/aromatic N) is 1. The van der Waals surface area contributed by atoms with Crippen LogP contribution in [0.4, 0.5) is 0 Å². The van der Waals surface area contributed by atoms with Crippen molar-refractivity contribution < 1.29 is 9.21 Å². The van der Waals surface area contributed by atoms with Crippen LogP contribution >= 0.6 is 0 Å². The third-order valence-electron chi connectivity index (χ3n) is 1.80. The van der Waals surface area contributed by atoms with E-state index in [1.54, 1.807) is 24.3 Å². The Labute approximate surface area is 88.8 Å². The van der Waals surface area contributed by atoms with Crippen LogP contribution in [0.25, 0.3) is 0 Å². The second-order valence-corrected chi connectivity index (χ2v) is 3.06. The molecule has 0 amide bonds. The summed E-state index contributed by atoms with van der Waals surface area (Å²) in [5, 5.41) is 0. The van der Waals surface area contributed by atoms with Crippen LogP contribution in [0.15, 0.2) is 46.0 Å². The van der Waals surface area contributed by atoms with E-state index in [0.29, 0.717) is 17.8 Å². The van der Waals surface area contributed by atoms with Crippen LogP contribution < -0.4 is 0 Å². The highest BCUT2D eigenvalue weighted by Gasteiger charge is 2.03. The number of allylic oxidation sites excluding steroid dienone is 3. The molecule has 0 atom stereocenters. The minimum atomic E-state index is 0.310. The average molecular weight is 203 g/mol. The van der Waals surface area contributed by atoms with Crippen molar-refractivity contribution in [2.45, 2.75) is 13.8 Å². The molecule has 0 aliphatic heterocycles. The summed E-state index contributed by atoms with van der Waals surface area (Å²) >= 11 is 0. The molecular formula is C12H13NO2. The lowest BCUT2D eigenvalue weighted by Gasteiger charge is -1.95. The Morgan fingerprint density at radius 2 is 2.20 bits per heavy atom. The number of aldehydes is 1. The number of hydrogen-bond donors (Lipinski definition) is 0. The van der Waals surface area contributed by atoms with E-state index in [9.17, 15) is 4.79 Å². The van der Waals surface area contributed by atoms with Crippen molar-refractivity contribution in [3.05, 3.63) is 48.1 Å². The Bertz CT molecular complexity index is 425. The fraction of sp³-hybridized carbons (Fsp3) is 0.167. The Morgan fingerprint density at radius 1 is 1.47 bits per heavy atom. The van der Waals surface area contributed by atoms with Gasteiger partial charge < -0.3 is 4.42 Å². The Morgan fingerprint density at radius 3 is 2.73 bits per heavy atom. The average Bonchev–Trinajstić information content (AvgIpc) is 2.66. The molecule has 78 valence electrons. The predicted octanol–water partition coefficient (Wildman–Crippen LogP) is 2.99. The highest BCUT2D eigenvalue weighted by Crippen LogP contribution is 2.09. The van der Waals surface area contributed by atoms with E-state index in [1.165, 1.54) is 0 Å². The van der Waals surface area contributed by atoms with Gasteiger partial charge in [0.1, 0.15) is 5.76 Å². The first-order chi connectivity index (χ1) is 7.17. The normalized spacial score (nSPS) is 12.7. The van der Waals surface area contributed by atoms with Crippen molar-refractivity contribution in [3.8, 4) is 0 Å². The fourth-order valence-corrected chi connectivity index (χ4v) is 1.14. The van der Waals surface area contributed by atoms with Gasteiger partial charge in [-0.25, -0.2) is 0 Å². The zero-order chi connectivity index (χ0) is 11.3. The maximum atomic E-state index is 10.4. The number of carbonyl (C=O) groups excluding carboxylic acids is 1. The van der Waals surface area contributed by atoms with Crippen molar-refractivity contribution in [3.63, 3.8) is 0 Å². The lowest BCUT2D eigenvalue weighted by atomic mass is 10.3. The zero-order valence-electron chi connectivity index (χ0n) is 8.86. The Hall–Kier alpha value is -1.90. The summed E-state index contributed by atoms with van der Waals surface area (Å²) in [5.74, 6) is 0.916. The summed E-state index contributed by atoms with van der Waals surface area (Å²) in [6.45, 7) is 7.28. The SMILES string of the molecule is C=C/C=C(\C)N=C(C)c1ccc(C=O)o1. The number of aliphatic imine (C=N–C) groups is 1. The van der Waals surface area contributed by atoms with Crippen LogP contribution in [-0.4, -0.2) is 12.0 Å². The van der Waals surface area contributed by atoms with Crippen molar-refractivity contribution in [1.29, 1.82) is 0 Å². The predicted molar refractivity (Wildman–Crippen MR) is 60.3 cm³/mol. The molecule has 0 radical (unpaired) electrons. The van der Waals surface area contributed by atoms with Crippen LogP contribution in [0.1, 0.15) is 30.2 Å². The summed E-state index contributed by atoms with van der Waals surface area (Å²) in [6.07, 6.45) is 4.14. The number of carbonyl (C=O) groups is 1. The first-order valence-corrected chi connectivity index (χ1v) is 4.57. The topological polar surface area (TPSA) is 42.6 Å². The smallest absolute Gasteiger partial charge is 0.185 e. The Balaban J connectivity index is 2.93. The van der Waals surface area contributed by atoms with Gasteiger partial charge >= 0.3 is 0 Å². The monoisotopic (exact) mass is 203 g/mol. The van der Waals surface area contributed by atoms with Gasteiger partial charge in [0.25, 0.3) is 0 Å². The standard InChI is InChI=1S/C12H13NO2/c1-4-5-9(2)13-10(3)12-7-6-11(8-14)15-12/h4-8H,1H2,2-3H3/b9-5+,13-10?. The van der Waals surface area contributed by atoms with Gasteiger partial charge in [-0.15, -0.1) is 0 Å². The molecule has 0 bridgehead atoms. The lowest BCUT2D eigenvalue weighted by molar-refractivity contribution is 0.110. The molecule has 0 unspecified atom stereocenters. The minimum absolute atomic E-state index is 0.310. The summed E-state index contributed by atoms with van der Waals surface area (Å²) in [6, 6.07) is 3.34.